The van der Waals surface area contributed by atoms with Crippen LogP contribution in [0.5, 0.6) is 0 Å². The van der Waals surface area contributed by atoms with Gasteiger partial charge in [0.25, 0.3) is 0 Å². The van der Waals surface area contributed by atoms with Crippen LogP contribution >= 0.6 is 0 Å². The summed E-state index contributed by atoms with van der Waals surface area (Å²) in [6, 6.07) is 0.0935. The molecule has 0 spiro atoms. The second kappa shape index (κ2) is 6.10. The molecule has 0 saturated carbocycles. The predicted octanol–water partition coefficient (Wildman–Crippen LogP) is -0.927. The number of sulfonamides is 1. The lowest BCUT2D eigenvalue weighted by molar-refractivity contribution is -0.0846. The Morgan fingerprint density at radius 2 is 2.24 bits per heavy atom. The van der Waals surface area contributed by atoms with E-state index in [1.54, 1.807) is 0 Å². The van der Waals surface area contributed by atoms with Gasteiger partial charge in [0.05, 0.1) is 31.7 Å². The molecule has 2 N–H and O–H groups in total. The van der Waals surface area contributed by atoms with Crippen LogP contribution in [0.2, 0.25) is 0 Å². The van der Waals surface area contributed by atoms with Gasteiger partial charge >= 0.3 is 0 Å². The highest BCUT2D eigenvalue weighted by molar-refractivity contribution is 7.89. The van der Waals surface area contributed by atoms with Crippen molar-refractivity contribution in [3.63, 3.8) is 0 Å². The number of nitrogens with one attached hydrogen (secondary N) is 2. The van der Waals surface area contributed by atoms with Gasteiger partial charge < -0.3 is 14.8 Å². The average Bonchev–Trinajstić information content (AvgIpc) is 2.80. The molecule has 17 heavy (non-hydrogen) atoms. The molecule has 2 atom stereocenters. The first-order valence-electron chi connectivity index (χ1n) is 6.06. The summed E-state index contributed by atoms with van der Waals surface area (Å²) < 4.78 is 36.7. The van der Waals surface area contributed by atoms with Gasteiger partial charge in [0.2, 0.25) is 10.0 Å². The average molecular weight is 264 g/mol. The van der Waals surface area contributed by atoms with E-state index in [0.29, 0.717) is 26.4 Å². The largest absolute Gasteiger partial charge is 0.376 e. The van der Waals surface area contributed by atoms with Gasteiger partial charge in [0, 0.05) is 12.6 Å². The molecule has 0 radical (unpaired) electrons. The van der Waals surface area contributed by atoms with Gasteiger partial charge in [-0.25, -0.2) is 13.1 Å². The summed E-state index contributed by atoms with van der Waals surface area (Å²) in [6.07, 6.45) is 1.83. The Morgan fingerprint density at radius 3 is 2.88 bits per heavy atom. The molecule has 2 aliphatic heterocycles. The SMILES string of the molecule is O=S(=O)(CC1CCCN1)NCC1COCCO1. The van der Waals surface area contributed by atoms with Gasteiger partial charge in [-0.2, -0.15) is 0 Å². The third-order valence-electron chi connectivity index (χ3n) is 3.00. The van der Waals surface area contributed by atoms with Crippen LogP contribution in [0.15, 0.2) is 0 Å². The number of rotatable bonds is 5. The first-order valence-corrected chi connectivity index (χ1v) is 7.71. The minimum absolute atomic E-state index is 0.0935. The topological polar surface area (TPSA) is 76.7 Å². The zero-order valence-electron chi connectivity index (χ0n) is 9.85. The van der Waals surface area contributed by atoms with E-state index in [2.05, 4.69) is 10.0 Å². The summed E-state index contributed by atoms with van der Waals surface area (Å²) >= 11 is 0. The van der Waals surface area contributed by atoms with Crippen LogP contribution in [0, 0.1) is 0 Å². The number of ether oxygens (including phenoxy) is 2. The summed E-state index contributed by atoms with van der Waals surface area (Å²) in [5, 5.41) is 3.18. The van der Waals surface area contributed by atoms with E-state index in [-0.39, 0.29) is 17.9 Å². The highest BCUT2D eigenvalue weighted by Crippen LogP contribution is 2.07. The van der Waals surface area contributed by atoms with Crippen LogP contribution in [0.3, 0.4) is 0 Å². The Labute approximate surface area is 102 Å². The lowest BCUT2D eigenvalue weighted by Crippen LogP contribution is -2.43. The highest BCUT2D eigenvalue weighted by Gasteiger charge is 2.23. The maximum Gasteiger partial charge on any atom is 0.213 e. The molecule has 0 amide bonds. The third-order valence-corrected chi connectivity index (χ3v) is 4.45. The molecular weight excluding hydrogens is 244 g/mol. The molecule has 100 valence electrons. The summed E-state index contributed by atoms with van der Waals surface area (Å²) in [5.74, 6) is 0.153. The van der Waals surface area contributed by atoms with Crippen LogP contribution in [-0.2, 0) is 19.5 Å². The molecule has 0 aromatic carbocycles. The summed E-state index contributed by atoms with van der Waals surface area (Å²) in [5.41, 5.74) is 0. The monoisotopic (exact) mass is 264 g/mol. The van der Waals surface area contributed by atoms with Gasteiger partial charge in [0.15, 0.2) is 0 Å². The van der Waals surface area contributed by atoms with E-state index < -0.39 is 10.0 Å². The first-order chi connectivity index (χ1) is 8.16. The zero-order valence-corrected chi connectivity index (χ0v) is 10.7. The van der Waals surface area contributed by atoms with Crippen LogP contribution in [-0.4, -0.2) is 59.2 Å². The van der Waals surface area contributed by atoms with E-state index in [4.69, 9.17) is 9.47 Å². The molecule has 2 fully saturated rings. The van der Waals surface area contributed by atoms with E-state index in [1.807, 2.05) is 0 Å². The molecule has 6 nitrogen and oxygen atoms in total. The second-order valence-corrected chi connectivity index (χ2v) is 6.34. The lowest BCUT2D eigenvalue weighted by Gasteiger charge is -2.23. The molecule has 2 heterocycles. The molecule has 0 aromatic rings. The number of hydrogen-bond acceptors (Lipinski definition) is 5. The van der Waals surface area contributed by atoms with Crippen molar-refractivity contribution in [2.24, 2.45) is 0 Å². The van der Waals surface area contributed by atoms with E-state index in [9.17, 15) is 8.42 Å². The predicted molar refractivity (Wildman–Crippen MR) is 63.4 cm³/mol. The first kappa shape index (κ1) is 13.2. The van der Waals surface area contributed by atoms with Gasteiger partial charge in [-0.05, 0) is 19.4 Å². The Hall–Kier alpha value is -0.210. The van der Waals surface area contributed by atoms with Crippen LogP contribution in [0.4, 0.5) is 0 Å². The van der Waals surface area contributed by atoms with E-state index >= 15 is 0 Å². The Balaban J connectivity index is 1.72. The van der Waals surface area contributed by atoms with E-state index in [0.717, 1.165) is 19.4 Å². The fraction of sp³-hybridized carbons (Fsp3) is 1.00. The summed E-state index contributed by atoms with van der Waals surface area (Å²) in [7, 11) is -3.21. The standard InChI is InChI=1S/C10H20N2O4S/c13-17(14,8-9-2-1-3-11-9)12-6-10-7-15-4-5-16-10/h9-12H,1-8H2. The van der Waals surface area contributed by atoms with Crippen molar-refractivity contribution in [2.75, 3.05) is 38.7 Å². The Bertz CT molecular complexity index is 321. The molecule has 0 bridgehead atoms. The molecule has 7 heteroatoms. The molecule has 2 unspecified atom stereocenters. The maximum atomic E-state index is 11.8. The van der Waals surface area contributed by atoms with Gasteiger partial charge in [-0.1, -0.05) is 0 Å². The molecule has 0 aromatic heterocycles. The fourth-order valence-corrected chi connectivity index (χ4v) is 3.47. The summed E-state index contributed by atoms with van der Waals surface area (Å²) in [4.78, 5) is 0. The van der Waals surface area contributed by atoms with Crippen LogP contribution in [0.1, 0.15) is 12.8 Å². The molecule has 2 rings (SSSR count). The second-order valence-electron chi connectivity index (χ2n) is 4.49. The van der Waals surface area contributed by atoms with E-state index in [1.165, 1.54) is 0 Å². The van der Waals surface area contributed by atoms with Crippen molar-refractivity contribution in [1.29, 1.82) is 0 Å². The van der Waals surface area contributed by atoms with Crippen molar-refractivity contribution < 1.29 is 17.9 Å². The minimum atomic E-state index is -3.21. The van der Waals surface area contributed by atoms with Gasteiger partial charge in [0.1, 0.15) is 0 Å². The fourth-order valence-electron chi connectivity index (χ4n) is 2.10. The highest BCUT2D eigenvalue weighted by atomic mass is 32.2. The summed E-state index contributed by atoms with van der Waals surface area (Å²) in [6.45, 7) is 2.81. The van der Waals surface area contributed by atoms with Crippen LogP contribution < -0.4 is 10.0 Å². The van der Waals surface area contributed by atoms with Crippen LogP contribution in [0.25, 0.3) is 0 Å². The van der Waals surface area contributed by atoms with Crippen molar-refractivity contribution in [2.45, 2.75) is 25.0 Å². The Kier molecular flexibility index (Phi) is 4.75. The third kappa shape index (κ3) is 4.51. The molecule has 0 aliphatic carbocycles. The maximum absolute atomic E-state index is 11.8. The normalized spacial score (nSPS) is 30.6. The molecular formula is C10H20N2O4S. The quantitative estimate of drug-likeness (QED) is 0.671. The van der Waals surface area contributed by atoms with Crippen molar-refractivity contribution >= 4 is 10.0 Å². The molecule has 2 aliphatic rings. The smallest absolute Gasteiger partial charge is 0.213 e. The van der Waals surface area contributed by atoms with Crippen molar-refractivity contribution in [3.05, 3.63) is 0 Å². The number of hydrogen-bond donors (Lipinski definition) is 2. The molecule has 2 saturated heterocycles. The Morgan fingerprint density at radius 1 is 1.35 bits per heavy atom. The lowest BCUT2D eigenvalue weighted by atomic mass is 10.3. The van der Waals surface area contributed by atoms with Gasteiger partial charge in [-0.15, -0.1) is 0 Å². The van der Waals surface area contributed by atoms with Gasteiger partial charge in [-0.3, -0.25) is 0 Å². The van der Waals surface area contributed by atoms with Crippen molar-refractivity contribution in [3.8, 4) is 0 Å². The minimum Gasteiger partial charge on any atom is -0.376 e. The zero-order chi connectivity index (χ0) is 12.1. The van der Waals surface area contributed by atoms with Crippen molar-refractivity contribution in [1.82, 2.24) is 10.0 Å².